The first-order valence-corrected chi connectivity index (χ1v) is 5.79. The highest BCUT2D eigenvalue weighted by atomic mass is 19.4. The fourth-order valence-corrected chi connectivity index (χ4v) is 1.73. The summed E-state index contributed by atoms with van der Waals surface area (Å²) in [5.74, 6) is 0.0487. The van der Waals surface area contributed by atoms with E-state index in [0.717, 1.165) is 5.56 Å². The Hall–Kier alpha value is -2.48. The van der Waals surface area contributed by atoms with E-state index in [0.29, 0.717) is 5.56 Å². The lowest BCUT2D eigenvalue weighted by atomic mass is 10.0. The Kier molecular flexibility index (Phi) is 3.94. The number of nitriles is 1. The molecule has 2 rings (SSSR count). The summed E-state index contributed by atoms with van der Waals surface area (Å²) in [5, 5.41) is 8.82. The van der Waals surface area contributed by atoms with Crippen molar-refractivity contribution in [1.82, 2.24) is 0 Å². The first-order chi connectivity index (χ1) is 9.49. The van der Waals surface area contributed by atoms with Gasteiger partial charge in [0.25, 0.3) is 0 Å². The third-order valence-corrected chi connectivity index (χ3v) is 2.59. The number of rotatable bonds is 3. The van der Waals surface area contributed by atoms with Crippen molar-refractivity contribution in [3.05, 3.63) is 54.1 Å². The molecule has 0 spiro atoms. The molecule has 0 aromatic heterocycles. The molecule has 5 heteroatoms. The smallest absolute Gasteiger partial charge is 0.422 e. The van der Waals surface area contributed by atoms with Crippen LogP contribution in [0.3, 0.4) is 0 Å². The molecule has 0 N–H and O–H groups in total. The molecular formula is C15H10F3NO. The van der Waals surface area contributed by atoms with Gasteiger partial charge in [-0.1, -0.05) is 30.3 Å². The van der Waals surface area contributed by atoms with Crippen LogP contribution in [0.2, 0.25) is 0 Å². The van der Waals surface area contributed by atoms with Crippen molar-refractivity contribution < 1.29 is 17.9 Å². The summed E-state index contributed by atoms with van der Waals surface area (Å²) >= 11 is 0. The van der Waals surface area contributed by atoms with Gasteiger partial charge in [0.1, 0.15) is 5.75 Å². The lowest BCUT2D eigenvalue weighted by molar-refractivity contribution is -0.153. The molecular weight excluding hydrogens is 267 g/mol. The van der Waals surface area contributed by atoms with Crippen LogP contribution < -0.4 is 4.74 Å². The average molecular weight is 277 g/mol. The van der Waals surface area contributed by atoms with Gasteiger partial charge in [0.05, 0.1) is 11.6 Å². The Labute approximate surface area is 114 Å². The summed E-state index contributed by atoms with van der Waals surface area (Å²) in [6, 6.07) is 15.2. The summed E-state index contributed by atoms with van der Waals surface area (Å²) in [6.45, 7) is -1.39. The Morgan fingerprint density at radius 3 is 2.35 bits per heavy atom. The fourth-order valence-electron chi connectivity index (χ4n) is 1.73. The van der Waals surface area contributed by atoms with Crippen molar-refractivity contribution >= 4 is 0 Å². The summed E-state index contributed by atoms with van der Waals surface area (Å²) in [5.41, 5.74) is 1.50. The van der Waals surface area contributed by atoms with E-state index in [1.807, 2.05) is 12.1 Å². The van der Waals surface area contributed by atoms with Crippen LogP contribution in [0.1, 0.15) is 5.56 Å². The number of benzene rings is 2. The van der Waals surface area contributed by atoms with E-state index >= 15 is 0 Å². The second kappa shape index (κ2) is 5.66. The van der Waals surface area contributed by atoms with Gasteiger partial charge in [-0.2, -0.15) is 18.4 Å². The van der Waals surface area contributed by atoms with Crippen molar-refractivity contribution in [2.75, 3.05) is 6.61 Å². The van der Waals surface area contributed by atoms with Gasteiger partial charge in [-0.3, -0.25) is 0 Å². The number of hydrogen-bond acceptors (Lipinski definition) is 2. The standard InChI is InChI=1S/C15H10F3NO/c16-15(17,18)10-20-14-8-11(9-19)6-7-13(14)12-4-2-1-3-5-12/h1-8H,10H2. The predicted octanol–water partition coefficient (Wildman–Crippen LogP) is 4.17. The van der Waals surface area contributed by atoms with Crippen molar-refractivity contribution in [2.24, 2.45) is 0 Å². The van der Waals surface area contributed by atoms with Gasteiger partial charge in [0.2, 0.25) is 0 Å². The monoisotopic (exact) mass is 277 g/mol. The van der Waals surface area contributed by atoms with Crippen LogP contribution in [0.25, 0.3) is 11.1 Å². The summed E-state index contributed by atoms with van der Waals surface area (Å²) in [7, 11) is 0. The van der Waals surface area contributed by atoms with Crippen molar-refractivity contribution in [3.63, 3.8) is 0 Å². The van der Waals surface area contributed by atoms with Crippen LogP contribution in [-0.4, -0.2) is 12.8 Å². The number of ether oxygens (including phenoxy) is 1. The molecule has 20 heavy (non-hydrogen) atoms. The van der Waals surface area contributed by atoms with Crippen LogP contribution in [0.15, 0.2) is 48.5 Å². The first-order valence-electron chi connectivity index (χ1n) is 5.79. The lowest BCUT2D eigenvalue weighted by Crippen LogP contribution is -2.19. The molecule has 0 atom stereocenters. The summed E-state index contributed by atoms with van der Waals surface area (Å²) in [6.07, 6.45) is -4.42. The minimum atomic E-state index is -4.42. The van der Waals surface area contributed by atoms with Crippen LogP contribution in [0.5, 0.6) is 5.75 Å². The van der Waals surface area contributed by atoms with Gasteiger partial charge < -0.3 is 4.74 Å². The molecule has 0 heterocycles. The number of halogens is 3. The Bertz CT molecular complexity index is 630. The number of hydrogen-bond donors (Lipinski definition) is 0. The molecule has 2 nitrogen and oxygen atoms in total. The molecule has 0 saturated carbocycles. The van der Waals surface area contributed by atoms with Gasteiger partial charge in [-0.05, 0) is 23.8 Å². The Morgan fingerprint density at radius 2 is 1.75 bits per heavy atom. The van der Waals surface area contributed by atoms with Gasteiger partial charge >= 0.3 is 6.18 Å². The maximum Gasteiger partial charge on any atom is 0.422 e. The van der Waals surface area contributed by atoms with E-state index < -0.39 is 12.8 Å². The highest BCUT2D eigenvalue weighted by Crippen LogP contribution is 2.32. The van der Waals surface area contributed by atoms with Gasteiger partial charge in [-0.25, -0.2) is 0 Å². The van der Waals surface area contributed by atoms with Crippen molar-refractivity contribution in [3.8, 4) is 22.9 Å². The Morgan fingerprint density at radius 1 is 1.05 bits per heavy atom. The summed E-state index contributed by atoms with van der Waals surface area (Å²) < 4.78 is 41.6. The zero-order chi connectivity index (χ0) is 14.6. The second-order valence-corrected chi connectivity index (χ2v) is 4.09. The molecule has 0 aliphatic rings. The molecule has 0 radical (unpaired) electrons. The van der Waals surface area contributed by atoms with Crippen molar-refractivity contribution in [1.29, 1.82) is 5.26 Å². The Balaban J connectivity index is 2.39. The highest BCUT2D eigenvalue weighted by molar-refractivity contribution is 5.71. The molecule has 0 fully saturated rings. The van der Waals surface area contributed by atoms with Crippen molar-refractivity contribution in [2.45, 2.75) is 6.18 Å². The quantitative estimate of drug-likeness (QED) is 0.843. The second-order valence-electron chi connectivity index (χ2n) is 4.09. The zero-order valence-corrected chi connectivity index (χ0v) is 10.3. The van der Waals surface area contributed by atoms with Gasteiger partial charge in [0.15, 0.2) is 6.61 Å². The SMILES string of the molecule is N#Cc1ccc(-c2ccccc2)c(OCC(F)(F)F)c1. The highest BCUT2D eigenvalue weighted by Gasteiger charge is 2.29. The zero-order valence-electron chi connectivity index (χ0n) is 10.3. The molecule has 0 unspecified atom stereocenters. The molecule has 2 aromatic rings. The molecule has 0 aliphatic carbocycles. The van der Waals surface area contributed by atoms with E-state index in [4.69, 9.17) is 10.00 Å². The molecule has 2 aromatic carbocycles. The number of alkyl halides is 3. The molecule has 0 saturated heterocycles. The lowest BCUT2D eigenvalue weighted by Gasteiger charge is -2.13. The van der Waals surface area contributed by atoms with Crippen LogP contribution in [0, 0.1) is 11.3 Å². The normalized spacial score (nSPS) is 10.9. The van der Waals surface area contributed by atoms with Crippen LogP contribution in [0.4, 0.5) is 13.2 Å². The van der Waals surface area contributed by atoms with Gasteiger partial charge in [0, 0.05) is 5.56 Å². The average Bonchev–Trinajstić information content (AvgIpc) is 2.45. The summed E-state index contributed by atoms with van der Waals surface area (Å²) in [4.78, 5) is 0. The van der Waals surface area contributed by atoms with E-state index in [9.17, 15) is 13.2 Å². The number of nitrogens with zero attached hydrogens (tertiary/aromatic N) is 1. The molecule has 0 bridgehead atoms. The maximum absolute atomic E-state index is 12.3. The van der Waals surface area contributed by atoms with E-state index in [-0.39, 0.29) is 11.3 Å². The largest absolute Gasteiger partial charge is 0.483 e. The molecule has 102 valence electrons. The molecule has 0 aliphatic heterocycles. The minimum absolute atomic E-state index is 0.0487. The van der Waals surface area contributed by atoms with E-state index in [1.165, 1.54) is 6.07 Å². The van der Waals surface area contributed by atoms with E-state index in [2.05, 4.69) is 0 Å². The first kappa shape index (κ1) is 13.9. The topological polar surface area (TPSA) is 33.0 Å². The molecule has 0 amide bonds. The van der Waals surface area contributed by atoms with Crippen LogP contribution in [-0.2, 0) is 0 Å². The van der Waals surface area contributed by atoms with Gasteiger partial charge in [-0.15, -0.1) is 0 Å². The van der Waals surface area contributed by atoms with Crippen LogP contribution >= 0.6 is 0 Å². The maximum atomic E-state index is 12.3. The van der Waals surface area contributed by atoms with E-state index in [1.54, 1.807) is 36.4 Å². The minimum Gasteiger partial charge on any atom is -0.483 e. The fraction of sp³-hybridized carbons (Fsp3) is 0.133. The third kappa shape index (κ3) is 3.51. The third-order valence-electron chi connectivity index (χ3n) is 2.59. The predicted molar refractivity (Wildman–Crippen MR) is 68.1 cm³/mol.